The van der Waals surface area contributed by atoms with Crippen LogP contribution >= 0.6 is 0 Å². The molecule has 0 bridgehead atoms. The van der Waals surface area contributed by atoms with Crippen LogP contribution in [0.4, 0.5) is 0 Å². The van der Waals surface area contributed by atoms with Gasteiger partial charge in [-0.2, -0.15) is 0 Å². The zero-order valence-corrected chi connectivity index (χ0v) is 28.2. The highest BCUT2D eigenvalue weighted by atomic mass is 16.6. The molecule has 42 heavy (non-hydrogen) atoms. The molecule has 0 aromatic heterocycles. The van der Waals surface area contributed by atoms with E-state index in [4.69, 9.17) is 14.2 Å². The number of hydrogen-bond donors (Lipinski definition) is 0. The molecule has 0 rings (SSSR count). The molecule has 0 aromatic rings. The summed E-state index contributed by atoms with van der Waals surface area (Å²) in [6.45, 7) is 8.80. The highest BCUT2D eigenvalue weighted by molar-refractivity contribution is 5.71. The first-order chi connectivity index (χ1) is 20.4. The van der Waals surface area contributed by atoms with Gasteiger partial charge in [-0.25, -0.2) is 0 Å². The number of unbranched alkanes of at least 4 members (excludes halogenated alkanes) is 18. The maximum absolute atomic E-state index is 12.5. The summed E-state index contributed by atoms with van der Waals surface area (Å²) in [5, 5.41) is 0. The molecule has 248 valence electrons. The minimum atomic E-state index is -0.755. The molecule has 0 fully saturated rings. The van der Waals surface area contributed by atoms with Crippen molar-refractivity contribution in [2.24, 2.45) is 5.92 Å². The Morgan fingerprint density at radius 3 is 1.17 bits per heavy atom. The highest BCUT2D eigenvalue weighted by Crippen LogP contribution is 2.14. The van der Waals surface area contributed by atoms with Gasteiger partial charge in [0.2, 0.25) is 0 Å². The van der Waals surface area contributed by atoms with Crippen LogP contribution in [0.3, 0.4) is 0 Å². The van der Waals surface area contributed by atoms with Crippen molar-refractivity contribution < 1.29 is 28.6 Å². The lowest BCUT2D eigenvalue weighted by atomic mass is 10.0. The number of rotatable bonds is 31. The molecule has 6 nitrogen and oxygen atoms in total. The molecule has 0 amide bonds. The van der Waals surface area contributed by atoms with E-state index < -0.39 is 6.10 Å². The van der Waals surface area contributed by atoms with E-state index in [-0.39, 0.29) is 31.1 Å². The fraction of sp³-hybridized carbons (Fsp3) is 0.917. The molecule has 6 heteroatoms. The second kappa shape index (κ2) is 30.9. The van der Waals surface area contributed by atoms with Crippen LogP contribution in [0.2, 0.25) is 0 Å². The van der Waals surface area contributed by atoms with E-state index in [1.807, 2.05) is 0 Å². The topological polar surface area (TPSA) is 78.9 Å². The third-order valence-electron chi connectivity index (χ3n) is 7.79. The van der Waals surface area contributed by atoms with E-state index in [0.29, 0.717) is 19.3 Å². The van der Waals surface area contributed by atoms with Crippen LogP contribution in [-0.2, 0) is 28.6 Å². The van der Waals surface area contributed by atoms with Gasteiger partial charge in [-0.15, -0.1) is 0 Å². The molecule has 0 unspecified atom stereocenters. The Bertz CT molecular complexity index is 632. The van der Waals surface area contributed by atoms with Gasteiger partial charge in [0.15, 0.2) is 6.10 Å². The lowest BCUT2D eigenvalue weighted by molar-refractivity contribution is -0.167. The summed E-state index contributed by atoms with van der Waals surface area (Å²) in [5.41, 5.74) is 0. The normalized spacial score (nSPS) is 11.9. The van der Waals surface area contributed by atoms with E-state index in [1.54, 1.807) is 0 Å². The molecule has 0 N–H and O–H groups in total. The molecule has 0 saturated heterocycles. The molecule has 0 spiro atoms. The minimum absolute atomic E-state index is 0.0673. The van der Waals surface area contributed by atoms with Crippen molar-refractivity contribution in [2.75, 3.05) is 13.2 Å². The van der Waals surface area contributed by atoms with Crippen LogP contribution in [0.25, 0.3) is 0 Å². The molecule has 1 atom stereocenters. The van der Waals surface area contributed by atoms with Gasteiger partial charge in [0.25, 0.3) is 0 Å². The molecular weight excluding hydrogens is 528 g/mol. The summed E-state index contributed by atoms with van der Waals surface area (Å²) in [6.07, 6.45) is 25.5. The van der Waals surface area contributed by atoms with Gasteiger partial charge in [0.1, 0.15) is 13.2 Å². The standard InChI is InChI=1S/C36H68O6/c1-5-7-9-11-12-13-16-20-24-28-35(38)41-31-33(30-40-34(37)27-23-18-10-8-6-2)42-36(39)29-25-21-17-14-15-19-22-26-32(3)4/h32-33H,5-31H2,1-4H3/t33-/m0/s1. The van der Waals surface area contributed by atoms with E-state index in [2.05, 4.69) is 27.7 Å². The van der Waals surface area contributed by atoms with Crippen molar-refractivity contribution in [1.82, 2.24) is 0 Å². The third kappa shape index (κ3) is 29.9. The second-order valence-corrected chi connectivity index (χ2v) is 12.6. The summed E-state index contributed by atoms with van der Waals surface area (Å²) in [5.74, 6) is -0.110. The molecule has 0 aromatic carbocycles. The van der Waals surface area contributed by atoms with Gasteiger partial charge in [-0.3, -0.25) is 14.4 Å². The summed E-state index contributed by atoms with van der Waals surface area (Å²) in [6, 6.07) is 0. The smallest absolute Gasteiger partial charge is 0.306 e. The zero-order chi connectivity index (χ0) is 31.1. The maximum Gasteiger partial charge on any atom is 0.306 e. The fourth-order valence-electron chi connectivity index (χ4n) is 5.04. The minimum Gasteiger partial charge on any atom is -0.462 e. The number of carbonyl (C=O) groups is 3. The van der Waals surface area contributed by atoms with E-state index in [9.17, 15) is 14.4 Å². The van der Waals surface area contributed by atoms with E-state index in [0.717, 1.165) is 70.1 Å². The Morgan fingerprint density at radius 1 is 0.452 bits per heavy atom. The van der Waals surface area contributed by atoms with Crippen LogP contribution in [0.5, 0.6) is 0 Å². The predicted molar refractivity (Wildman–Crippen MR) is 173 cm³/mol. The maximum atomic E-state index is 12.5. The van der Waals surface area contributed by atoms with Gasteiger partial charge in [0.05, 0.1) is 0 Å². The summed E-state index contributed by atoms with van der Waals surface area (Å²) >= 11 is 0. The predicted octanol–water partition coefficient (Wildman–Crippen LogP) is 10.4. The van der Waals surface area contributed by atoms with Crippen LogP contribution in [0.15, 0.2) is 0 Å². The molecule has 0 heterocycles. The average Bonchev–Trinajstić information content (AvgIpc) is 2.96. The molecule has 0 radical (unpaired) electrons. The van der Waals surface area contributed by atoms with Crippen molar-refractivity contribution in [3.8, 4) is 0 Å². The number of ether oxygens (including phenoxy) is 3. The summed E-state index contributed by atoms with van der Waals surface area (Å²) in [7, 11) is 0. The Labute approximate surface area is 259 Å². The van der Waals surface area contributed by atoms with Gasteiger partial charge in [-0.1, -0.05) is 150 Å². The number of hydrogen-bond acceptors (Lipinski definition) is 6. The monoisotopic (exact) mass is 597 g/mol. The first-order valence-corrected chi connectivity index (χ1v) is 17.9. The van der Waals surface area contributed by atoms with Crippen molar-refractivity contribution in [3.63, 3.8) is 0 Å². The Balaban J connectivity index is 4.32. The van der Waals surface area contributed by atoms with Gasteiger partial charge in [0, 0.05) is 19.3 Å². The quantitative estimate of drug-likeness (QED) is 0.0450. The molecular formula is C36H68O6. The highest BCUT2D eigenvalue weighted by Gasteiger charge is 2.19. The largest absolute Gasteiger partial charge is 0.462 e. The summed E-state index contributed by atoms with van der Waals surface area (Å²) < 4.78 is 16.4. The SMILES string of the molecule is CCCCCCCCCCCC(=O)OC[C@H](COC(=O)CCCCCCC)OC(=O)CCCCCCCCCC(C)C. The average molecular weight is 597 g/mol. The first kappa shape index (κ1) is 40.4. The first-order valence-electron chi connectivity index (χ1n) is 17.9. The molecule has 0 saturated carbocycles. The second-order valence-electron chi connectivity index (χ2n) is 12.6. The third-order valence-corrected chi connectivity index (χ3v) is 7.79. The van der Waals surface area contributed by atoms with Gasteiger partial charge >= 0.3 is 17.9 Å². The number of esters is 3. The van der Waals surface area contributed by atoms with Crippen LogP contribution in [-0.4, -0.2) is 37.2 Å². The van der Waals surface area contributed by atoms with Gasteiger partial charge in [-0.05, 0) is 25.2 Å². The van der Waals surface area contributed by atoms with Crippen molar-refractivity contribution in [1.29, 1.82) is 0 Å². The fourth-order valence-corrected chi connectivity index (χ4v) is 5.04. The Hall–Kier alpha value is -1.59. The van der Waals surface area contributed by atoms with E-state index >= 15 is 0 Å². The van der Waals surface area contributed by atoms with Crippen LogP contribution in [0.1, 0.15) is 188 Å². The van der Waals surface area contributed by atoms with Crippen LogP contribution < -0.4 is 0 Å². The van der Waals surface area contributed by atoms with Gasteiger partial charge < -0.3 is 14.2 Å². The number of carbonyl (C=O) groups excluding carboxylic acids is 3. The van der Waals surface area contributed by atoms with Crippen molar-refractivity contribution in [3.05, 3.63) is 0 Å². The van der Waals surface area contributed by atoms with Crippen molar-refractivity contribution in [2.45, 2.75) is 194 Å². The summed E-state index contributed by atoms with van der Waals surface area (Å²) in [4.78, 5) is 37.0. The Morgan fingerprint density at radius 2 is 0.786 bits per heavy atom. The lowest BCUT2D eigenvalue weighted by Crippen LogP contribution is -2.30. The van der Waals surface area contributed by atoms with E-state index in [1.165, 1.54) is 77.0 Å². The Kier molecular flexibility index (Phi) is 29.7. The van der Waals surface area contributed by atoms with Crippen LogP contribution in [0, 0.1) is 5.92 Å². The molecule has 0 aliphatic heterocycles. The zero-order valence-electron chi connectivity index (χ0n) is 28.2. The van der Waals surface area contributed by atoms with Crippen molar-refractivity contribution >= 4 is 17.9 Å². The molecule has 0 aliphatic carbocycles. The molecule has 0 aliphatic rings. The lowest BCUT2D eigenvalue weighted by Gasteiger charge is -2.18.